The normalized spacial score (nSPS) is 17.0. The maximum Gasteiger partial charge on any atom is 0.241 e. The summed E-state index contributed by atoms with van der Waals surface area (Å²) in [4.78, 5) is 23.7. The first kappa shape index (κ1) is 20.8. The lowest BCUT2D eigenvalue weighted by Crippen LogP contribution is -2.49. The van der Waals surface area contributed by atoms with Crippen molar-refractivity contribution >= 4 is 11.6 Å². The summed E-state index contributed by atoms with van der Waals surface area (Å²) in [6.45, 7) is 5.12. The van der Waals surface area contributed by atoms with Crippen LogP contribution < -0.4 is 4.90 Å². The fourth-order valence-corrected chi connectivity index (χ4v) is 4.43. The molecular formula is C24H26FN5O2. The largest absolute Gasteiger partial charge is 0.338 e. The Hall–Kier alpha value is -3.10. The summed E-state index contributed by atoms with van der Waals surface area (Å²) in [5.74, 6) is 1.02. The van der Waals surface area contributed by atoms with Crippen molar-refractivity contribution in [1.82, 2.24) is 19.9 Å². The zero-order valence-electron chi connectivity index (χ0n) is 17.9. The number of amides is 1. The summed E-state index contributed by atoms with van der Waals surface area (Å²) < 4.78 is 18.7. The molecule has 32 heavy (non-hydrogen) atoms. The second kappa shape index (κ2) is 9.18. The molecule has 0 atom stereocenters. The van der Waals surface area contributed by atoms with Gasteiger partial charge in [-0.3, -0.25) is 14.6 Å². The SMILES string of the molecule is O=C(CN1CCN(Cc2nc(Cc3cccc(F)c3)no2)CC1)N1CCc2ccccc21. The van der Waals surface area contributed by atoms with Gasteiger partial charge in [0.05, 0.1) is 13.1 Å². The molecule has 1 saturated heterocycles. The van der Waals surface area contributed by atoms with Crippen LogP contribution in [-0.4, -0.2) is 65.1 Å². The minimum absolute atomic E-state index is 0.169. The monoisotopic (exact) mass is 435 g/mol. The first-order valence-corrected chi connectivity index (χ1v) is 11.0. The van der Waals surface area contributed by atoms with Crippen LogP contribution in [0.4, 0.5) is 10.1 Å². The molecular weight excluding hydrogens is 409 g/mol. The van der Waals surface area contributed by atoms with E-state index in [9.17, 15) is 9.18 Å². The van der Waals surface area contributed by atoms with Gasteiger partial charge in [0.15, 0.2) is 5.82 Å². The maximum atomic E-state index is 13.3. The van der Waals surface area contributed by atoms with Crippen LogP contribution in [0.5, 0.6) is 0 Å². The standard InChI is InChI=1S/C24H26FN5O2/c25-20-6-3-4-18(14-20)15-22-26-23(32-27-22)16-28-10-12-29(13-11-28)17-24(31)30-9-8-19-5-1-2-7-21(19)30/h1-7,14H,8-13,15-17H2. The average Bonchev–Trinajstić information content (AvgIpc) is 3.42. The Balaban J connectivity index is 1.09. The quantitative estimate of drug-likeness (QED) is 0.593. The Bertz CT molecular complexity index is 1090. The van der Waals surface area contributed by atoms with Gasteiger partial charge in [-0.15, -0.1) is 0 Å². The Morgan fingerprint density at radius 3 is 2.66 bits per heavy atom. The lowest BCUT2D eigenvalue weighted by atomic mass is 10.1. The Morgan fingerprint density at radius 2 is 1.81 bits per heavy atom. The van der Waals surface area contributed by atoms with Crippen LogP contribution in [0.25, 0.3) is 0 Å². The van der Waals surface area contributed by atoms with Gasteiger partial charge in [0, 0.05) is 44.8 Å². The third kappa shape index (κ3) is 4.71. The predicted octanol–water partition coefficient (Wildman–Crippen LogP) is 2.51. The van der Waals surface area contributed by atoms with E-state index in [4.69, 9.17) is 4.52 Å². The number of piperazine rings is 1. The smallest absolute Gasteiger partial charge is 0.241 e. The maximum absolute atomic E-state index is 13.3. The number of fused-ring (bicyclic) bond motifs is 1. The van der Waals surface area contributed by atoms with Crippen molar-refractivity contribution in [1.29, 1.82) is 0 Å². The first-order valence-electron chi connectivity index (χ1n) is 11.0. The van der Waals surface area contributed by atoms with E-state index in [1.165, 1.54) is 17.7 Å². The Labute approximate surface area is 186 Å². The number of rotatable bonds is 6. The van der Waals surface area contributed by atoms with Gasteiger partial charge in [-0.2, -0.15) is 4.98 Å². The number of carbonyl (C=O) groups excluding carboxylic acids is 1. The first-order chi connectivity index (χ1) is 15.6. The molecule has 1 aromatic heterocycles. The van der Waals surface area contributed by atoms with Crippen LogP contribution in [0.1, 0.15) is 22.8 Å². The highest BCUT2D eigenvalue weighted by Gasteiger charge is 2.27. The molecule has 5 rings (SSSR count). The van der Waals surface area contributed by atoms with E-state index in [2.05, 4.69) is 26.0 Å². The second-order valence-electron chi connectivity index (χ2n) is 8.39. The van der Waals surface area contributed by atoms with Gasteiger partial charge >= 0.3 is 0 Å². The number of benzene rings is 2. The summed E-state index contributed by atoms with van der Waals surface area (Å²) in [6.07, 6.45) is 1.37. The molecule has 0 unspecified atom stereocenters. The predicted molar refractivity (Wildman–Crippen MR) is 118 cm³/mol. The molecule has 7 nitrogen and oxygen atoms in total. The van der Waals surface area contributed by atoms with Gasteiger partial charge in [0.1, 0.15) is 5.82 Å². The minimum Gasteiger partial charge on any atom is -0.338 e. The summed E-state index contributed by atoms with van der Waals surface area (Å²) in [5.41, 5.74) is 3.12. The van der Waals surface area contributed by atoms with E-state index >= 15 is 0 Å². The molecule has 3 heterocycles. The molecule has 8 heteroatoms. The van der Waals surface area contributed by atoms with Crippen LogP contribution in [0.3, 0.4) is 0 Å². The summed E-state index contributed by atoms with van der Waals surface area (Å²) in [5, 5.41) is 4.03. The molecule has 0 bridgehead atoms. The lowest BCUT2D eigenvalue weighted by Gasteiger charge is -2.34. The molecule has 0 N–H and O–H groups in total. The molecule has 166 valence electrons. The minimum atomic E-state index is -0.267. The molecule has 0 spiro atoms. The summed E-state index contributed by atoms with van der Waals surface area (Å²) >= 11 is 0. The van der Waals surface area contributed by atoms with Crippen LogP contribution in [0.2, 0.25) is 0 Å². The van der Waals surface area contributed by atoms with Crippen LogP contribution >= 0.6 is 0 Å². The topological polar surface area (TPSA) is 65.7 Å². The highest BCUT2D eigenvalue weighted by molar-refractivity contribution is 5.96. The van der Waals surface area contributed by atoms with E-state index in [0.29, 0.717) is 31.2 Å². The van der Waals surface area contributed by atoms with Gasteiger partial charge < -0.3 is 9.42 Å². The number of anilines is 1. The van der Waals surface area contributed by atoms with E-state index in [1.54, 1.807) is 6.07 Å². The number of aromatic nitrogens is 2. The van der Waals surface area contributed by atoms with Crippen molar-refractivity contribution in [2.24, 2.45) is 0 Å². The van der Waals surface area contributed by atoms with Gasteiger partial charge in [-0.05, 0) is 35.7 Å². The number of carbonyl (C=O) groups is 1. The van der Waals surface area contributed by atoms with Crippen LogP contribution in [0, 0.1) is 5.82 Å². The van der Waals surface area contributed by atoms with Gasteiger partial charge in [-0.25, -0.2) is 4.39 Å². The molecule has 2 aromatic carbocycles. The molecule has 0 radical (unpaired) electrons. The van der Waals surface area contributed by atoms with E-state index in [1.807, 2.05) is 29.2 Å². The van der Waals surface area contributed by atoms with Crippen molar-refractivity contribution in [3.8, 4) is 0 Å². The summed E-state index contributed by atoms with van der Waals surface area (Å²) in [7, 11) is 0. The zero-order valence-corrected chi connectivity index (χ0v) is 17.9. The highest BCUT2D eigenvalue weighted by Crippen LogP contribution is 2.27. The van der Waals surface area contributed by atoms with E-state index in [0.717, 1.165) is 50.4 Å². The van der Waals surface area contributed by atoms with Crippen molar-refractivity contribution in [3.05, 3.63) is 77.2 Å². The van der Waals surface area contributed by atoms with Crippen LogP contribution in [-0.2, 0) is 24.2 Å². The van der Waals surface area contributed by atoms with Crippen molar-refractivity contribution in [2.75, 3.05) is 44.2 Å². The third-order valence-electron chi connectivity index (χ3n) is 6.13. The van der Waals surface area contributed by atoms with Crippen molar-refractivity contribution < 1.29 is 13.7 Å². The van der Waals surface area contributed by atoms with Crippen LogP contribution in [0.15, 0.2) is 53.1 Å². The van der Waals surface area contributed by atoms with Gasteiger partial charge in [-0.1, -0.05) is 35.5 Å². The highest BCUT2D eigenvalue weighted by atomic mass is 19.1. The number of nitrogens with zero attached hydrogens (tertiary/aromatic N) is 5. The molecule has 2 aliphatic rings. The third-order valence-corrected chi connectivity index (χ3v) is 6.13. The lowest BCUT2D eigenvalue weighted by molar-refractivity contribution is -0.120. The average molecular weight is 436 g/mol. The fourth-order valence-electron chi connectivity index (χ4n) is 4.43. The molecule has 2 aliphatic heterocycles. The molecule has 0 aliphatic carbocycles. The molecule has 3 aromatic rings. The van der Waals surface area contributed by atoms with Gasteiger partial charge in [0.25, 0.3) is 0 Å². The molecule has 0 saturated carbocycles. The molecule has 1 amide bonds. The number of para-hydroxylation sites is 1. The number of halogens is 1. The number of hydrogen-bond acceptors (Lipinski definition) is 6. The van der Waals surface area contributed by atoms with E-state index < -0.39 is 0 Å². The summed E-state index contributed by atoms with van der Waals surface area (Å²) in [6, 6.07) is 14.6. The number of hydrogen-bond donors (Lipinski definition) is 0. The fraction of sp³-hybridized carbons (Fsp3) is 0.375. The zero-order chi connectivity index (χ0) is 21.9. The van der Waals surface area contributed by atoms with E-state index in [-0.39, 0.29) is 11.7 Å². The Morgan fingerprint density at radius 1 is 1.00 bits per heavy atom. The van der Waals surface area contributed by atoms with Crippen molar-refractivity contribution in [3.63, 3.8) is 0 Å². The molecule has 1 fully saturated rings. The van der Waals surface area contributed by atoms with Gasteiger partial charge in [0.2, 0.25) is 11.8 Å². The van der Waals surface area contributed by atoms with Crippen molar-refractivity contribution in [2.45, 2.75) is 19.4 Å². The second-order valence-corrected chi connectivity index (χ2v) is 8.39. The Kier molecular flexibility index (Phi) is 5.96.